The number of ether oxygens (including phenoxy) is 2. The second-order valence-corrected chi connectivity index (χ2v) is 7.55. The molecule has 6 nitrogen and oxygen atoms in total. The van der Waals surface area contributed by atoms with Crippen LogP contribution < -0.4 is 13.8 Å². The lowest BCUT2D eigenvalue weighted by molar-refractivity contribution is 0.0999. The molecule has 0 heterocycles. The molecular weight excluding hydrogens is 378 g/mol. The minimum atomic E-state index is -4.18. The Balaban J connectivity index is 2.24. The van der Waals surface area contributed by atoms with Gasteiger partial charge in [-0.2, -0.15) is 4.31 Å². The van der Waals surface area contributed by atoms with Crippen LogP contribution >= 0.6 is 0 Å². The van der Waals surface area contributed by atoms with E-state index >= 15 is 0 Å². The molecule has 0 aliphatic heterocycles. The monoisotopic (exact) mass is 397 g/mol. The molecule has 0 aliphatic carbocycles. The van der Waals surface area contributed by atoms with Gasteiger partial charge in [0, 0.05) is 0 Å². The van der Waals surface area contributed by atoms with E-state index in [1.165, 1.54) is 26.4 Å². The molecule has 0 atom stereocenters. The van der Waals surface area contributed by atoms with Gasteiger partial charge in [-0.3, -0.25) is 4.79 Å². The summed E-state index contributed by atoms with van der Waals surface area (Å²) in [5.74, 6) is -0.341. The number of amides is 1. The first-order valence-electron chi connectivity index (χ1n) is 8.41. The second-order valence-electron chi connectivity index (χ2n) is 5.76. The van der Waals surface area contributed by atoms with Gasteiger partial charge in [0.1, 0.15) is 17.1 Å². The van der Waals surface area contributed by atoms with Gasteiger partial charge in [-0.15, -0.1) is 0 Å². The summed E-state index contributed by atoms with van der Waals surface area (Å²) < 4.78 is 38.1. The molecule has 7 heteroatoms. The molecule has 0 fully saturated rings. The molecule has 0 N–H and O–H groups in total. The zero-order valence-electron chi connectivity index (χ0n) is 15.4. The Morgan fingerprint density at radius 3 is 1.75 bits per heavy atom. The van der Waals surface area contributed by atoms with Crippen LogP contribution in [0, 0.1) is 0 Å². The second kappa shape index (κ2) is 8.14. The van der Waals surface area contributed by atoms with Crippen molar-refractivity contribution in [2.75, 3.05) is 18.5 Å². The number of benzene rings is 3. The molecule has 28 heavy (non-hydrogen) atoms. The summed E-state index contributed by atoms with van der Waals surface area (Å²) in [5, 5.41) is 0. The smallest absolute Gasteiger partial charge is 0.279 e. The molecule has 3 rings (SSSR count). The van der Waals surface area contributed by atoms with E-state index in [2.05, 4.69) is 0 Å². The van der Waals surface area contributed by atoms with Gasteiger partial charge < -0.3 is 9.47 Å². The van der Waals surface area contributed by atoms with Crippen LogP contribution in [0.25, 0.3) is 0 Å². The number of hydrogen-bond acceptors (Lipinski definition) is 5. The highest BCUT2D eigenvalue weighted by molar-refractivity contribution is 7.93. The zero-order chi connectivity index (χ0) is 20.1. The van der Waals surface area contributed by atoms with Gasteiger partial charge in [0.25, 0.3) is 15.9 Å². The van der Waals surface area contributed by atoms with Crippen LogP contribution in [0.15, 0.2) is 83.8 Å². The Kier molecular flexibility index (Phi) is 5.65. The van der Waals surface area contributed by atoms with Gasteiger partial charge >= 0.3 is 0 Å². The van der Waals surface area contributed by atoms with E-state index in [0.717, 1.165) is 4.31 Å². The number of carbonyl (C=O) groups excluding carboxylic acids is 1. The van der Waals surface area contributed by atoms with Gasteiger partial charge in [0.15, 0.2) is 0 Å². The predicted octanol–water partition coefficient (Wildman–Crippen LogP) is 3.74. The minimum absolute atomic E-state index is 0.000989. The lowest BCUT2D eigenvalue weighted by Crippen LogP contribution is -2.37. The van der Waals surface area contributed by atoms with Crippen molar-refractivity contribution in [1.82, 2.24) is 0 Å². The molecule has 0 aromatic heterocycles. The summed E-state index contributed by atoms with van der Waals surface area (Å²) in [6.07, 6.45) is 0. The van der Waals surface area contributed by atoms with Crippen molar-refractivity contribution < 1.29 is 22.7 Å². The number of carbonyl (C=O) groups is 1. The highest BCUT2D eigenvalue weighted by Crippen LogP contribution is 2.33. The van der Waals surface area contributed by atoms with Crippen LogP contribution in [0.5, 0.6) is 11.5 Å². The predicted molar refractivity (Wildman–Crippen MR) is 106 cm³/mol. The molecule has 0 spiro atoms. The Bertz CT molecular complexity index is 1040. The first-order chi connectivity index (χ1) is 13.5. The maximum absolute atomic E-state index is 13.5. The molecule has 0 radical (unpaired) electrons. The van der Waals surface area contributed by atoms with E-state index in [-0.39, 0.29) is 27.6 Å². The normalized spacial score (nSPS) is 10.9. The molecule has 0 unspecified atom stereocenters. The average Bonchev–Trinajstić information content (AvgIpc) is 2.74. The van der Waals surface area contributed by atoms with Crippen LogP contribution in [0.1, 0.15) is 10.4 Å². The minimum Gasteiger partial charge on any atom is -0.496 e. The molecule has 3 aromatic rings. The molecular formula is C21H19NO5S. The number of methoxy groups -OCH3 is 2. The van der Waals surface area contributed by atoms with E-state index in [4.69, 9.17) is 9.47 Å². The van der Waals surface area contributed by atoms with Crippen molar-refractivity contribution in [3.05, 3.63) is 84.4 Å². The highest BCUT2D eigenvalue weighted by atomic mass is 32.2. The number of anilines is 1. The van der Waals surface area contributed by atoms with Gasteiger partial charge in [0.2, 0.25) is 0 Å². The number of rotatable bonds is 6. The number of para-hydroxylation sites is 1. The van der Waals surface area contributed by atoms with Crippen LogP contribution in [-0.4, -0.2) is 28.5 Å². The fraction of sp³-hybridized carbons (Fsp3) is 0.0952. The van der Waals surface area contributed by atoms with Crippen molar-refractivity contribution in [1.29, 1.82) is 0 Å². The summed E-state index contributed by atoms with van der Waals surface area (Å²) in [6, 6.07) is 20.8. The molecule has 144 valence electrons. The largest absolute Gasteiger partial charge is 0.496 e. The molecule has 1 amide bonds. The Hall–Kier alpha value is -3.32. The van der Waals surface area contributed by atoms with Crippen LogP contribution in [0.4, 0.5) is 5.69 Å². The van der Waals surface area contributed by atoms with Crippen LogP contribution in [-0.2, 0) is 10.0 Å². The topological polar surface area (TPSA) is 72.9 Å². The number of nitrogens with zero attached hydrogens (tertiary/aromatic N) is 1. The Morgan fingerprint density at radius 2 is 1.25 bits per heavy atom. The molecule has 0 bridgehead atoms. The van der Waals surface area contributed by atoms with Gasteiger partial charge in [-0.25, -0.2) is 8.42 Å². The van der Waals surface area contributed by atoms with Gasteiger partial charge in [-0.05, 0) is 36.4 Å². The summed E-state index contributed by atoms with van der Waals surface area (Å²) in [4.78, 5) is 13.5. The van der Waals surface area contributed by atoms with Crippen LogP contribution in [0.2, 0.25) is 0 Å². The molecule has 0 saturated heterocycles. The summed E-state index contributed by atoms with van der Waals surface area (Å²) in [7, 11) is -1.37. The SMILES string of the molecule is COc1cccc(OC)c1C(=O)N(c1ccccc1)S(=O)(=O)c1ccccc1. The first-order valence-corrected chi connectivity index (χ1v) is 9.85. The Labute approximate surface area is 164 Å². The summed E-state index contributed by atoms with van der Waals surface area (Å²) in [5.41, 5.74) is 0.236. The maximum Gasteiger partial charge on any atom is 0.279 e. The summed E-state index contributed by atoms with van der Waals surface area (Å²) >= 11 is 0. The van der Waals surface area contributed by atoms with Crippen molar-refractivity contribution in [3.63, 3.8) is 0 Å². The van der Waals surface area contributed by atoms with Gasteiger partial charge in [0.05, 0.1) is 24.8 Å². The highest BCUT2D eigenvalue weighted by Gasteiger charge is 2.34. The van der Waals surface area contributed by atoms with Gasteiger partial charge in [-0.1, -0.05) is 42.5 Å². The average molecular weight is 397 g/mol. The molecule has 0 saturated carbocycles. The third-order valence-corrected chi connectivity index (χ3v) is 5.82. The maximum atomic E-state index is 13.5. The van der Waals surface area contributed by atoms with Crippen molar-refractivity contribution in [2.24, 2.45) is 0 Å². The molecule has 0 aliphatic rings. The van der Waals surface area contributed by atoms with E-state index in [1.807, 2.05) is 0 Å². The lowest BCUT2D eigenvalue weighted by Gasteiger charge is -2.24. The quantitative estimate of drug-likeness (QED) is 0.634. The van der Waals surface area contributed by atoms with E-state index in [1.54, 1.807) is 66.7 Å². The Morgan fingerprint density at radius 1 is 0.750 bits per heavy atom. The lowest BCUT2D eigenvalue weighted by atomic mass is 10.1. The zero-order valence-corrected chi connectivity index (χ0v) is 16.2. The summed E-state index contributed by atoms with van der Waals surface area (Å²) in [6.45, 7) is 0. The third-order valence-electron chi connectivity index (χ3n) is 4.10. The third kappa shape index (κ3) is 3.57. The van der Waals surface area contributed by atoms with E-state index < -0.39 is 15.9 Å². The first kappa shape index (κ1) is 19.4. The molecule has 3 aromatic carbocycles. The fourth-order valence-electron chi connectivity index (χ4n) is 2.79. The fourth-order valence-corrected chi connectivity index (χ4v) is 4.21. The standard InChI is InChI=1S/C21H19NO5S/c1-26-18-14-9-15-19(27-2)20(18)21(23)22(16-10-5-3-6-11-16)28(24,25)17-12-7-4-8-13-17/h3-15H,1-2H3. The van der Waals surface area contributed by atoms with E-state index in [9.17, 15) is 13.2 Å². The number of hydrogen-bond donors (Lipinski definition) is 0. The van der Waals surface area contributed by atoms with Crippen LogP contribution in [0.3, 0.4) is 0 Å². The van der Waals surface area contributed by atoms with Crippen molar-refractivity contribution in [3.8, 4) is 11.5 Å². The van der Waals surface area contributed by atoms with E-state index in [0.29, 0.717) is 0 Å². The van der Waals surface area contributed by atoms with Crippen molar-refractivity contribution >= 4 is 21.6 Å². The number of sulfonamides is 1. The van der Waals surface area contributed by atoms with Crippen molar-refractivity contribution in [2.45, 2.75) is 4.90 Å².